The first-order valence-electron chi connectivity index (χ1n) is 6.93. The molecule has 1 aromatic rings. The first-order chi connectivity index (χ1) is 9.58. The number of alkyl halides is 2. The highest BCUT2D eigenvalue weighted by molar-refractivity contribution is 5.13. The summed E-state index contributed by atoms with van der Waals surface area (Å²) in [4.78, 5) is 0. The van der Waals surface area contributed by atoms with Crippen LogP contribution in [-0.4, -0.2) is 23.7 Å². The third-order valence-corrected chi connectivity index (χ3v) is 3.54. The second-order valence-electron chi connectivity index (χ2n) is 5.24. The van der Waals surface area contributed by atoms with E-state index in [-0.39, 0.29) is 13.0 Å². The molecule has 0 spiro atoms. The minimum atomic E-state index is -2.92. The van der Waals surface area contributed by atoms with Gasteiger partial charge in [-0.1, -0.05) is 36.4 Å². The molecule has 1 aliphatic rings. The van der Waals surface area contributed by atoms with E-state index >= 15 is 0 Å². The Morgan fingerprint density at radius 3 is 2.75 bits per heavy atom. The molecule has 1 aromatic carbocycles. The van der Waals surface area contributed by atoms with Gasteiger partial charge in [0, 0.05) is 0 Å². The van der Waals surface area contributed by atoms with E-state index in [0.29, 0.717) is 19.4 Å². The summed E-state index contributed by atoms with van der Waals surface area (Å²) >= 11 is 0. The number of allylic oxidation sites excluding steroid dienone is 2. The van der Waals surface area contributed by atoms with Crippen molar-refractivity contribution in [1.82, 2.24) is 0 Å². The molecule has 0 heterocycles. The summed E-state index contributed by atoms with van der Waals surface area (Å²) in [5, 5.41) is 9.71. The average molecular weight is 282 g/mol. The Morgan fingerprint density at radius 1 is 1.25 bits per heavy atom. The van der Waals surface area contributed by atoms with Crippen LogP contribution in [0.5, 0.6) is 0 Å². The van der Waals surface area contributed by atoms with Crippen LogP contribution in [0.3, 0.4) is 0 Å². The summed E-state index contributed by atoms with van der Waals surface area (Å²) in [6.45, 7) is 0.260. The highest BCUT2D eigenvalue weighted by Gasteiger charge is 2.38. The Morgan fingerprint density at radius 2 is 2.00 bits per heavy atom. The first kappa shape index (κ1) is 15.1. The molecule has 2 atom stereocenters. The monoisotopic (exact) mass is 282 g/mol. The molecule has 0 bridgehead atoms. The van der Waals surface area contributed by atoms with Crippen LogP contribution >= 0.6 is 0 Å². The maximum Gasteiger partial charge on any atom is 0.271 e. The number of ether oxygens (including phenoxy) is 1. The maximum absolute atomic E-state index is 13.9. The van der Waals surface area contributed by atoms with E-state index < -0.39 is 17.9 Å². The zero-order chi connectivity index (χ0) is 14.4. The molecule has 2 unspecified atom stereocenters. The molecule has 0 amide bonds. The van der Waals surface area contributed by atoms with Crippen LogP contribution in [0.1, 0.15) is 24.8 Å². The molecule has 110 valence electrons. The molecule has 2 nitrogen and oxygen atoms in total. The summed E-state index contributed by atoms with van der Waals surface area (Å²) < 4.78 is 33.3. The fraction of sp³-hybridized carbons (Fsp3) is 0.500. The highest BCUT2D eigenvalue weighted by atomic mass is 19.3. The van der Waals surface area contributed by atoms with E-state index in [1.54, 1.807) is 0 Å². The zero-order valence-corrected chi connectivity index (χ0v) is 11.3. The summed E-state index contributed by atoms with van der Waals surface area (Å²) in [7, 11) is 0. The van der Waals surface area contributed by atoms with Crippen molar-refractivity contribution < 1.29 is 18.6 Å². The predicted octanol–water partition coefficient (Wildman–Crippen LogP) is 3.56. The molecule has 20 heavy (non-hydrogen) atoms. The number of aliphatic hydroxyl groups excluding tert-OH is 1. The molecule has 1 aliphatic carbocycles. The van der Waals surface area contributed by atoms with Gasteiger partial charge in [0.25, 0.3) is 5.92 Å². The minimum Gasteiger partial charge on any atom is -0.393 e. The lowest BCUT2D eigenvalue weighted by Crippen LogP contribution is -2.34. The largest absolute Gasteiger partial charge is 0.393 e. The molecule has 0 radical (unpaired) electrons. The summed E-state index contributed by atoms with van der Waals surface area (Å²) in [6, 6.07) is 9.45. The quantitative estimate of drug-likeness (QED) is 0.856. The number of aliphatic hydroxyl groups is 1. The van der Waals surface area contributed by atoms with Crippen LogP contribution in [0.15, 0.2) is 42.5 Å². The van der Waals surface area contributed by atoms with Crippen molar-refractivity contribution in [2.75, 3.05) is 6.61 Å². The molecule has 0 aliphatic heterocycles. The summed E-state index contributed by atoms with van der Waals surface area (Å²) in [6.07, 6.45) is 2.82. The molecular formula is C16H20F2O2. The van der Waals surface area contributed by atoms with Gasteiger partial charge in [-0.15, -0.1) is 0 Å². The fourth-order valence-corrected chi connectivity index (χ4v) is 2.34. The Labute approximate surface area is 118 Å². The van der Waals surface area contributed by atoms with Gasteiger partial charge in [0.15, 0.2) is 0 Å². The Kier molecular flexibility index (Phi) is 5.26. The maximum atomic E-state index is 13.9. The molecular weight excluding hydrogens is 262 g/mol. The SMILES string of the molecule is OC1CC/C=C\C(F)(F)C(COCc2ccccc2)C1. The highest BCUT2D eigenvalue weighted by Crippen LogP contribution is 2.33. The topological polar surface area (TPSA) is 29.5 Å². The normalized spacial score (nSPS) is 27.6. The second-order valence-corrected chi connectivity index (χ2v) is 5.24. The lowest BCUT2D eigenvalue weighted by molar-refractivity contribution is -0.0719. The molecule has 0 saturated carbocycles. The predicted molar refractivity (Wildman–Crippen MR) is 73.5 cm³/mol. The van der Waals surface area contributed by atoms with Crippen molar-refractivity contribution >= 4 is 0 Å². The van der Waals surface area contributed by atoms with Crippen molar-refractivity contribution in [3.05, 3.63) is 48.0 Å². The smallest absolute Gasteiger partial charge is 0.271 e. The summed E-state index contributed by atoms with van der Waals surface area (Å²) in [5.74, 6) is -3.89. The van der Waals surface area contributed by atoms with Gasteiger partial charge < -0.3 is 9.84 Å². The van der Waals surface area contributed by atoms with E-state index in [0.717, 1.165) is 11.6 Å². The van der Waals surface area contributed by atoms with Gasteiger partial charge in [-0.3, -0.25) is 0 Å². The lowest BCUT2D eigenvalue weighted by atomic mass is 9.90. The minimum absolute atomic E-state index is 0.0523. The summed E-state index contributed by atoms with van der Waals surface area (Å²) in [5.41, 5.74) is 0.956. The molecule has 1 N–H and O–H groups in total. The van der Waals surface area contributed by atoms with E-state index in [9.17, 15) is 13.9 Å². The number of benzene rings is 1. The molecule has 4 heteroatoms. The van der Waals surface area contributed by atoms with Gasteiger partial charge in [0.2, 0.25) is 0 Å². The van der Waals surface area contributed by atoms with Crippen LogP contribution in [0, 0.1) is 5.92 Å². The van der Waals surface area contributed by atoms with E-state index in [1.807, 2.05) is 30.3 Å². The van der Waals surface area contributed by atoms with Crippen molar-refractivity contribution in [1.29, 1.82) is 0 Å². The molecule has 2 rings (SSSR count). The molecule has 0 saturated heterocycles. The van der Waals surface area contributed by atoms with Gasteiger partial charge in [-0.25, -0.2) is 8.78 Å². The van der Waals surface area contributed by atoms with Gasteiger partial charge in [0.05, 0.1) is 25.2 Å². The van der Waals surface area contributed by atoms with Crippen LogP contribution in [-0.2, 0) is 11.3 Å². The lowest BCUT2D eigenvalue weighted by Gasteiger charge is -2.28. The third kappa shape index (κ3) is 4.39. The molecule has 0 fully saturated rings. The first-order valence-corrected chi connectivity index (χ1v) is 6.93. The van der Waals surface area contributed by atoms with Crippen molar-refractivity contribution in [2.24, 2.45) is 5.92 Å². The molecule has 0 aromatic heterocycles. The number of hydrogen-bond donors (Lipinski definition) is 1. The average Bonchev–Trinajstić information content (AvgIpc) is 2.42. The standard InChI is InChI=1S/C16H20F2O2/c17-16(18)9-5-4-8-15(19)10-14(16)12-20-11-13-6-2-1-3-7-13/h1-3,5-7,9,14-15,19H,4,8,10-12H2/b9-5-. The van der Waals surface area contributed by atoms with Crippen molar-refractivity contribution in [2.45, 2.75) is 37.9 Å². The van der Waals surface area contributed by atoms with Crippen molar-refractivity contribution in [3.8, 4) is 0 Å². The Hall–Kier alpha value is -1.26. The van der Waals surface area contributed by atoms with Crippen LogP contribution in [0.4, 0.5) is 8.78 Å². The van der Waals surface area contributed by atoms with Crippen LogP contribution in [0.2, 0.25) is 0 Å². The third-order valence-electron chi connectivity index (χ3n) is 3.54. The van der Waals surface area contributed by atoms with E-state index in [1.165, 1.54) is 6.08 Å². The number of rotatable bonds is 4. The van der Waals surface area contributed by atoms with Gasteiger partial charge in [-0.2, -0.15) is 0 Å². The van der Waals surface area contributed by atoms with E-state index in [4.69, 9.17) is 4.74 Å². The van der Waals surface area contributed by atoms with Crippen LogP contribution < -0.4 is 0 Å². The Bertz CT molecular complexity index is 431. The second kappa shape index (κ2) is 6.95. The fourth-order valence-electron chi connectivity index (χ4n) is 2.34. The Balaban J connectivity index is 1.91. The zero-order valence-electron chi connectivity index (χ0n) is 11.3. The van der Waals surface area contributed by atoms with Gasteiger partial charge >= 0.3 is 0 Å². The van der Waals surface area contributed by atoms with Gasteiger partial charge in [-0.05, 0) is 30.9 Å². The number of hydrogen-bond acceptors (Lipinski definition) is 2. The number of halogens is 2. The van der Waals surface area contributed by atoms with Crippen molar-refractivity contribution in [3.63, 3.8) is 0 Å². The van der Waals surface area contributed by atoms with Gasteiger partial charge in [0.1, 0.15) is 0 Å². The van der Waals surface area contributed by atoms with E-state index in [2.05, 4.69) is 0 Å². The van der Waals surface area contributed by atoms with Crippen LogP contribution in [0.25, 0.3) is 0 Å².